The van der Waals surface area contributed by atoms with E-state index in [2.05, 4.69) is 30.5 Å². The van der Waals surface area contributed by atoms with Gasteiger partial charge in [-0.3, -0.25) is 5.10 Å². The maximum atomic E-state index is 5.39. The van der Waals surface area contributed by atoms with Crippen LogP contribution in [-0.4, -0.2) is 51.1 Å². The molecule has 114 valence electrons. The number of rotatable bonds is 3. The Bertz CT molecular complexity index is 787. The van der Waals surface area contributed by atoms with Gasteiger partial charge < -0.3 is 15.0 Å². The maximum Gasteiger partial charge on any atom is 0.245 e. The van der Waals surface area contributed by atoms with Gasteiger partial charge in [0.15, 0.2) is 5.82 Å². The van der Waals surface area contributed by atoms with Gasteiger partial charge in [0.1, 0.15) is 11.3 Å². The third-order valence-corrected chi connectivity index (χ3v) is 3.63. The zero-order chi connectivity index (χ0) is 14.9. The first-order chi connectivity index (χ1) is 10.8. The lowest BCUT2D eigenvalue weighted by atomic mass is 10.4. The largest absolute Gasteiger partial charge is 0.378 e. The van der Waals surface area contributed by atoms with Crippen molar-refractivity contribution in [3.63, 3.8) is 0 Å². The van der Waals surface area contributed by atoms with Crippen molar-refractivity contribution in [2.24, 2.45) is 0 Å². The zero-order valence-electron chi connectivity index (χ0n) is 12.3. The van der Waals surface area contributed by atoms with Gasteiger partial charge in [-0.15, -0.1) is 5.10 Å². The lowest BCUT2D eigenvalue weighted by molar-refractivity contribution is 0.122. The average Bonchev–Trinajstić information content (AvgIpc) is 3.17. The normalized spacial score (nSPS) is 15.4. The smallest absolute Gasteiger partial charge is 0.245 e. The van der Waals surface area contributed by atoms with Gasteiger partial charge in [-0.25, -0.2) is 4.52 Å². The van der Waals surface area contributed by atoms with Crippen LogP contribution >= 0.6 is 0 Å². The van der Waals surface area contributed by atoms with E-state index in [1.165, 1.54) is 0 Å². The average molecular weight is 299 g/mol. The number of ether oxygens (including phenoxy) is 1. The zero-order valence-corrected chi connectivity index (χ0v) is 12.3. The Labute approximate surface area is 127 Å². The molecule has 8 nitrogen and oxygen atoms in total. The highest BCUT2D eigenvalue weighted by Crippen LogP contribution is 2.22. The fourth-order valence-corrected chi connectivity index (χ4v) is 2.53. The predicted molar refractivity (Wildman–Crippen MR) is 82.6 cm³/mol. The van der Waals surface area contributed by atoms with E-state index in [0.717, 1.165) is 35.9 Å². The van der Waals surface area contributed by atoms with Crippen LogP contribution in [0, 0.1) is 6.92 Å². The number of H-pyrrole nitrogens is 1. The minimum Gasteiger partial charge on any atom is -0.378 e. The third-order valence-electron chi connectivity index (χ3n) is 3.63. The summed E-state index contributed by atoms with van der Waals surface area (Å²) >= 11 is 0. The van der Waals surface area contributed by atoms with Crippen LogP contribution in [0.5, 0.6) is 0 Å². The van der Waals surface area contributed by atoms with Crippen molar-refractivity contribution in [3.05, 3.63) is 30.1 Å². The van der Waals surface area contributed by atoms with Gasteiger partial charge in [0.25, 0.3) is 0 Å². The molecule has 0 saturated carbocycles. The maximum absolute atomic E-state index is 5.39. The van der Waals surface area contributed by atoms with Crippen LogP contribution < -0.4 is 10.2 Å². The first-order valence-electron chi connectivity index (χ1n) is 7.27. The third kappa shape index (κ3) is 2.37. The molecule has 3 aromatic heterocycles. The molecule has 0 amide bonds. The van der Waals surface area contributed by atoms with Crippen LogP contribution in [0.4, 0.5) is 17.6 Å². The van der Waals surface area contributed by atoms with E-state index in [-0.39, 0.29) is 0 Å². The van der Waals surface area contributed by atoms with E-state index in [1.54, 1.807) is 0 Å². The molecule has 4 rings (SSSR count). The van der Waals surface area contributed by atoms with Crippen LogP contribution in [0.3, 0.4) is 0 Å². The lowest BCUT2D eigenvalue weighted by Crippen LogP contribution is -2.37. The van der Waals surface area contributed by atoms with Crippen LogP contribution in [-0.2, 0) is 4.74 Å². The van der Waals surface area contributed by atoms with Crippen LogP contribution in [0.1, 0.15) is 5.69 Å². The highest BCUT2D eigenvalue weighted by Gasteiger charge is 2.17. The van der Waals surface area contributed by atoms with Crippen molar-refractivity contribution in [1.82, 2.24) is 24.8 Å². The van der Waals surface area contributed by atoms with Crippen molar-refractivity contribution >= 4 is 23.1 Å². The van der Waals surface area contributed by atoms with E-state index < -0.39 is 0 Å². The van der Waals surface area contributed by atoms with Gasteiger partial charge >= 0.3 is 0 Å². The molecule has 1 aliphatic heterocycles. The number of hydrogen-bond acceptors (Lipinski definition) is 6. The van der Waals surface area contributed by atoms with Gasteiger partial charge in [-0.2, -0.15) is 10.1 Å². The Morgan fingerprint density at radius 3 is 2.95 bits per heavy atom. The monoisotopic (exact) mass is 299 g/mol. The molecule has 1 fully saturated rings. The molecule has 1 saturated heterocycles. The van der Waals surface area contributed by atoms with Crippen molar-refractivity contribution in [2.75, 3.05) is 36.5 Å². The van der Waals surface area contributed by atoms with Gasteiger partial charge in [0, 0.05) is 25.4 Å². The summed E-state index contributed by atoms with van der Waals surface area (Å²) in [4.78, 5) is 6.81. The number of fused-ring (bicyclic) bond motifs is 1. The molecule has 0 bridgehead atoms. The molecule has 0 unspecified atom stereocenters. The van der Waals surface area contributed by atoms with Gasteiger partial charge in [0.2, 0.25) is 5.95 Å². The Hall–Kier alpha value is -2.61. The van der Waals surface area contributed by atoms with Crippen molar-refractivity contribution < 1.29 is 4.74 Å². The molecule has 1 aliphatic rings. The quantitative estimate of drug-likeness (QED) is 0.759. The lowest BCUT2D eigenvalue weighted by Gasteiger charge is -2.27. The predicted octanol–water partition coefficient (Wildman–Crippen LogP) is 1.34. The number of aromatic nitrogens is 5. The van der Waals surface area contributed by atoms with Crippen molar-refractivity contribution in [1.29, 1.82) is 0 Å². The first-order valence-corrected chi connectivity index (χ1v) is 7.27. The summed E-state index contributed by atoms with van der Waals surface area (Å²) < 4.78 is 7.23. The molecule has 0 aliphatic carbocycles. The molecule has 0 aromatic carbocycles. The highest BCUT2D eigenvalue weighted by atomic mass is 16.5. The molecule has 2 N–H and O–H groups in total. The molecular weight excluding hydrogens is 282 g/mol. The van der Waals surface area contributed by atoms with E-state index in [9.17, 15) is 0 Å². The number of morpholine rings is 1. The molecule has 22 heavy (non-hydrogen) atoms. The summed E-state index contributed by atoms with van der Waals surface area (Å²) in [5.74, 6) is 2.27. The fraction of sp³-hybridized carbons (Fsp3) is 0.357. The first kappa shape index (κ1) is 13.1. The van der Waals surface area contributed by atoms with E-state index in [4.69, 9.17) is 4.74 Å². The molecule has 3 aromatic rings. The summed E-state index contributed by atoms with van der Waals surface area (Å²) in [7, 11) is 0. The second-order valence-corrected chi connectivity index (χ2v) is 5.25. The highest BCUT2D eigenvalue weighted by molar-refractivity contribution is 5.73. The Balaban J connectivity index is 1.73. The molecule has 4 heterocycles. The van der Waals surface area contributed by atoms with E-state index in [0.29, 0.717) is 19.2 Å². The minimum atomic E-state index is 0.700. The van der Waals surface area contributed by atoms with Crippen LogP contribution in [0.15, 0.2) is 24.4 Å². The standard InChI is InChI=1S/C14H17N7O/c1-10-9-12(18-17-10)15-13-11-3-2-4-21(11)19-14(16-13)20-5-7-22-8-6-20/h2-4,9H,5-8H2,1H3,(H2,15,16,17,18,19). The van der Waals surface area contributed by atoms with E-state index in [1.807, 2.05) is 35.8 Å². The Morgan fingerprint density at radius 1 is 1.32 bits per heavy atom. The topological polar surface area (TPSA) is 83.4 Å². The number of hydrogen-bond donors (Lipinski definition) is 2. The molecule has 0 atom stereocenters. The number of anilines is 3. The number of nitrogens with zero attached hydrogens (tertiary/aromatic N) is 5. The summed E-state index contributed by atoms with van der Waals surface area (Å²) in [6.07, 6.45) is 1.92. The molecule has 8 heteroatoms. The van der Waals surface area contributed by atoms with Crippen LogP contribution in [0.2, 0.25) is 0 Å². The van der Waals surface area contributed by atoms with Crippen LogP contribution in [0.25, 0.3) is 5.52 Å². The summed E-state index contributed by atoms with van der Waals surface area (Å²) in [6, 6.07) is 5.88. The second-order valence-electron chi connectivity index (χ2n) is 5.25. The molecular formula is C14H17N7O. The Kier molecular flexibility index (Phi) is 3.15. The SMILES string of the molecule is Cc1cc(Nc2nc(N3CCOCC3)nn3cccc23)[nH]n1. The van der Waals surface area contributed by atoms with E-state index >= 15 is 0 Å². The number of nitrogens with one attached hydrogen (secondary N) is 2. The van der Waals surface area contributed by atoms with Crippen molar-refractivity contribution in [3.8, 4) is 0 Å². The Morgan fingerprint density at radius 2 is 2.18 bits per heavy atom. The van der Waals surface area contributed by atoms with Gasteiger partial charge in [0.05, 0.1) is 18.9 Å². The van der Waals surface area contributed by atoms with Gasteiger partial charge in [-0.05, 0) is 19.1 Å². The number of aromatic amines is 1. The van der Waals surface area contributed by atoms with Crippen molar-refractivity contribution in [2.45, 2.75) is 6.92 Å². The summed E-state index contributed by atoms with van der Waals surface area (Å²) in [5, 5.41) is 14.9. The summed E-state index contributed by atoms with van der Waals surface area (Å²) in [6.45, 7) is 4.95. The summed E-state index contributed by atoms with van der Waals surface area (Å²) in [5.41, 5.74) is 1.85. The number of aryl methyl sites for hydroxylation is 1. The molecule has 0 radical (unpaired) electrons. The fourth-order valence-electron chi connectivity index (χ4n) is 2.53. The van der Waals surface area contributed by atoms with Gasteiger partial charge in [-0.1, -0.05) is 0 Å². The minimum absolute atomic E-state index is 0.700. The second kappa shape index (κ2) is 5.30. The molecule has 0 spiro atoms.